The molecular formula is C26H32N4O7S2. The number of hydrogen-bond donors (Lipinski definition) is 2. The van der Waals surface area contributed by atoms with Gasteiger partial charge in [0.25, 0.3) is 0 Å². The van der Waals surface area contributed by atoms with Crippen molar-refractivity contribution in [3.8, 4) is 11.5 Å². The minimum Gasteiger partial charge on any atom is -0.493 e. The highest BCUT2D eigenvalue weighted by atomic mass is 32.2. The lowest BCUT2D eigenvalue weighted by Crippen LogP contribution is -2.30. The highest BCUT2D eigenvalue weighted by Crippen LogP contribution is 2.29. The third-order valence-electron chi connectivity index (χ3n) is 5.41. The van der Waals surface area contributed by atoms with Gasteiger partial charge in [0.2, 0.25) is 16.0 Å². The van der Waals surface area contributed by atoms with Gasteiger partial charge >= 0.3 is 10.1 Å². The fourth-order valence-electron chi connectivity index (χ4n) is 3.54. The van der Waals surface area contributed by atoms with Gasteiger partial charge in [-0.25, -0.2) is 12.7 Å². The summed E-state index contributed by atoms with van der Waals surface area (Å²) in [5.41, 5.74) is 12.0. The number of ether oxygens (including phenoxy) is 1. The first-order valence-electron chi connectivity index (χ1n) is 12.0. The highest BCUT2D eigenvalue weighted by molar-refractivity contribution is 7.91. The summed E-state index contributed by atoms with van der Waals surface area (Å²) in [7, 11) is -7.25. The number of nitrogens with zero attached hydrogens (tertiary/aromatic N) is 2. The summed E-state index contributed by atoms with van der Waals surface area (Å²) >= 11 is 0. The molecule has 0 amide bonds. The van der Waals surface area contributed by atoms with Crippen LogP contribution in [0.2, 0.25) is 0 Å². The minimum absolute atomic E-state index is 0.0219. The molecule has 0 unspecified atom stereocenters. The first-order chi connectivity index (χ1) is 18.5. The number of sulfonamides is 1. The monoisotopic (exact) mass is 576 g/mol. The number of aryl methyl sites for hydroxylation is 1. The fraction of sp³-hybridized carbons (Fsp3) is 0.269. The Balaban J connectivity index is 1.75. The first-order valence-corrected chi connectivity index (χ1v) is 14.8. The number of hydrogen-bond acceptors (Lipinski definition) is 8. The van der Waals surface area contributed by atoms with Crippen molar-refractivity contribution in [2.75, 3.05) is 26.8 Å². The van der Waals surface area contributed by atoms with Crippen LogP contribution in [0.1, 0.15) is 17.5 Å². The predicted octanol–water partition coefficient (Wildman–Crippen LogP) is 2.60. The van der Waals surface area contributed by atoms with E-state index in [9.17, 15) is 16.8 Å². The zero-order valence-electron chi connectivity index (χ0n) is 21.7. The quantitative estimate of drug-likeness (QED) is 0.0965. The van der Waals surface area contributed by atoms with Crippen LogP contribution in [0.4, 0.5) is 0 Å². The van der Waals surface area contributed by atoms with Crippen molar-refractivity contribution in [2.24, 2.45) is 16.6 Å². The SMILES string of the molecule is Cc1cc(OCCCON=C(N)N)cc(OS(=O)(=O)c2ccccc2S(=O)(=O)N(C)CCc2ccccc2)c1. The highest BCUT2D eigenvalue weighted by Gasteiger charge is 2.30. The smallest absolute Gasteiger partial charge is 0.340 e. The first kappa shape index (κ1) is 29.7. The van der Waals surface area contributed by atoms with Crippen LogP contribution >= 0.6 is 0 Å². The Labute approximate surface area is 229 Å². The predicted molar refractivity (Wildman–Crippen MR) is 147 cm³/mol. The molecule has 13 heteroatoms. The number of guanidine groups is 1. The molecule has 210 valence electrons. The molecule has 0 spiro atoms. The van der Waals surface area contributed by atoms with Crippen molar-refractivity contribution >= 4 is 26.1 Å². The molecule has 0 aliphatic heterocycles. The number of oxime groups is 1. The van der Waals surface area contributed by atoms with Gasteiger partial charge in [-0.3, -0.25) is 0 Å². The Morgan fingerprint density at radius 2 is 1.51 bits per heavy atom. The summed E-state index contributed by atoms with van der Waals surface area (Å²) in [6.45, 7) is 2.37. The summed E-state index contributed by atoms with van der Waals surface area (Å²) in [5.74, 6) is 0.154. The molecule has 0 aliphatic rings. The lowest BCUT2D eigenvalue weighted by atomic mass is 10.2. The molecule has 0 radical (unpaired) electrons. The second-order valence-electron chi connectivity index (χ2n) is 8.58. The fourth-order valence-corrected chi connectivity index (χ4v) is 6.40. The molecule has 0 saturated carbocycles. The van der Waals surface area contributed by atoms with Crippen molar-refractivity contribution in [1.82, 2.24) is 4.31 Å². The normalized spacial score (nSPS) is 11.7. The van der Waals surface area contributed by atoms with E-state index in [0.29, 0.717) is 24.2 Å². The number of likely N-dealkylation sites (N-methyl/N-ethyl adjacent to an activating group) is 1. The molecule has 0 bridgehead atoms. The maximum absolute atomic E-state index is 13.4. The van der Waals surface area contributed by atoms with E-state index in [4.69, 9.17) is 25.2 Å². The lowest BCUT2D eigenvalue weighted by molar-refractivity contribution is 0.127. The van der Waals surface area contributed by atoms with Crippen molar-refractivity contribution < 1.29 is 30.6 Å². The molecule has 0 fully saturated rings. The van der Waals surface area contributed by atoms with Gasteiger partial charge in [0.15, 0.2) is 0 Å². The van der Waals surface area contributed by atoms with Gasteiger partial charge < -0.3 is 25.2 Å². The number of rotatable bonds is 14. The van der Waals surface area contributed by atoms with Crippen LogP contribution in [0.15, 0.2) is 87.7 Å². The summed E-state index contributed by atoms with van der Waals surface area (Å²) in [5, 5.41) is 3.41. The Bertz CT molecular complexity index is 1490. The average molecular weight is 577 g/mol. The van der Waals surface area contributed by atoms with Crippen LogP contribution in [0, 0.1) is 6.92 Å². The Morgan fingerprint density at radius 1 is 0.872 bits per heavy atom. The van der Waals surface area contributed by atoms with Gasteiger partial charge in [0.1, 0.15) is 27.9 Å². The van der Waals surface area contributed by atoms with Gasteiger partial charge in [-0.1, -0.05) is 42.5 Å². The zero-order chi connectivity index (χ0) is 28.5. The second-order valence-corrected chi connectivity index (χ2v) is 12.1. The largest absolute Gasteiger partial charge is 0.493 e. The van der Waals surface area contributed by atoms with E-state index >= 15 is 0 Å². The van der Waals surface area contributed by atoms with E-state index in [2.05, 4.69) is 5.16 Å². The van der Waals surface area contributed by atoms with E-state index in [-0.39, 0.29) is 36.4 Å². The molecule has 39 heavy (non-hydrogen) atoms. The summed E-state index contributed by atoms with van der Waals surface area (Å²) < 4.78 is 65.5. The molecule has 4 N–H and O–H groups in total. The van der Waals surface area contributed by atoms with E-state index in [0.717, 1.165) is 9.87 Å². The number of nitrogens with two attached hydrogens (primary N) is 2. The zero-order valence-corrected chi connectivity index (χ0v) is 23.3. The second kappa shape index (κ2) is 13.3. The molecular weight excluding hydrogens is 544 g/mol. The van der Waals surface area contributed by atoms with E-state index < -0.39 is 25.0 Å². The van der Waals surface area contributed by atoms with Gasteiger partial charge in [-0.15, -0.1) is 0 Å². The number of benzene rings is 3. The summed E-state index contributed by atoms with van der Waals surface area (Å²) in [6, 6.07) is 19.4. The van der Waals surface area contributed by atoms with Crippen LogP contribution in [0.3, 0.4) is 0 Å². The third-order valence-corrected chi connectivity index (χ3v) is 8.76. The molecule has 0 aromatic heterocycles. The molecule has 0 atom stereocenters. The standard InChI is InChI=1S/C26H32N4O7S2/c1-20-17-22(35-15-8-16-36-29-26(27)28)19-23(18-20)37-39(33,34)25-12-7-6-11-24(25)38(31,32)30(2)14-13-21-9-4-3-5-10-21/h3-7,9-12,17-19H,8,13-16H2,1-2H3,(H4,27,28,29). The summed E-state index contributed by atoms with van der Waals surface area (Å²) in [4.78, 5) is 4.06. The van der Waals surface area contributed by atoms with Gasteiger partial charge in [-0.2, -0.15) is 8.42 Å². The maximum Gasteiger partial charge on any atom is 0.340 e. The van der Waals surface area contributed by atoms with Gasteiger partial charge in [0.05, 0.1) is 6.61 Å². The van der Waals surface area contributed by atoms with Crippen molar-refractivity contribution in [3.05, 3.63) is 83.9 Å². The van der Waals surface area contributed by atoms with Crippen LogP contribution in [0.25, 0.3) is 0 Å². The lowest BCUT2D eigenvalue weighted by Gasteiger charge is -2.19. The third kappa shape index (κ3) is 8.60. The minimum atomic E-state index is -4.52. The molecule has 3 rings (SSSR count). The molecule has 0 saturated heterocycles. The Kier molecular flexibility index (Phi) is 10.2. The molecule has 3 aromatic carbocycles. The molecule has 0 aliphatic carbocycles. The van der Waals surface area contributed by atoms with Crippen LogP contribution in [-0.4, -0.2) is 53.9 Å². The van der Waals surface area contributed by atoms with Crippen LogP contribution in [-0.2, 0) is 31.4 Å². The van der Waals surface area contributed by atoms with E-state index in [1.54, 1.807) is 13.0 Å². The Morgan fingerprint density at radius 3 is 2.21 bits per heavy atom. The van der Waals surface area contributed by atoms with Crippen molar-refractivity contribution in [2.45, 2.75) is 29.6 Å². The molecule has 11 nitrogen and oxygen atoms in total. The van der Waals surface area contributed by atoms with E-state index in [1.165, 1.54) is 43.4 Å². The maximum atomic E-state index is 13.4. The van der Waals surface area contributed by atoms with Crippen molar-refractivity contribution in [1.29, 1.82) is 0 Å². The molecule has 0 heterocycles. The van der Waals surface area contributed by atoms with Crippen LogP contribution in [0.5, 0.6) is 11.5 Å². The topological polar surface area (TPSA) is 164 Å². The van der Waals surface area contributed by atoms with Crippen LogP contribution < -0.4 is 20.4 Å². The molecule has 3 aromatic rings. The van der Waals surface area contributed by atoms with E-state index in [1.807, 2.05) is 30.3 Å². The van der Waals surface area contributed by atoms with Gasteiger partial charge in [-0.05, 0) is 53.9 Å². The average Bonchev–Trinajstić information content (AvgIpc) is 2.89. The summed E-state index contributed by atoms with van der Waals surface area (Å²) in [6.07, 6.45) is 0.927. The van der Waals surface area contributed by atoms with Gasteiger partial charge in [0, 0.05) is 26.1 Å². The van der Waals surface area contributed by atoms with Crippen molar-refractivity contribution in [3.63, 3.8) is 0 Å². The Hall–Kier alpha value is -3.81.